The van der Waals surface area contributed by atoms with Crippen LogP contribution in [0.25, 0.3) is 0 Å². The maximum atomic E-state index is 11.8. The Kier molecular flexibility index (Phi) is 4.21. The first-order valence-electron chi connectivity index (χ1n) is 4.67. The molecule has 1 aromatic heterocycles. The molecule has 0 radical (unpaired) electrons. The molecule has 1 rings (SSSR count). The number of aromatic carboxylic acids is 1. The summed E-state index contributed by atoms with van der Waals surface area (Å²) in [6, 6.07) is 1.25. The standard InChI is InChI=1S/C9H10N2O6S/c1-4(7(12)11-9(10)15)18(16)6-3-2-5(17-6)8(13)14/h2-4H,1H3,(H,13,14)(H3,10,11,12,15). The van der Waals surface area contributed by atoms with Crippen LogP contribution >= 0.6 is 0 Å². The molecule has 0 bridgehead atoms. The van der Waals surface area contributed by atoms with Crippen LogP contribution in [0.2, 0.25) is 0 Å². The number of amides is 3. The van der Waals surface area contributed by atoms with Crippen molar-refractivity contribution in [3.05, 3.63) is 17.9 Å². The monoisotopic (exact) mass is 274 g/mol. The summed E-state index contributed by atoms with van der Waals surface area (Å²) in [5, 5.41) is 9.11. The lowest BCUT2D eigenvalue weighted by Gasteiger charge is -2.07. The quantitative estimate of drug-likeness (QED) is 0.686. The van der Waals surface area contributed by atoms with Crippen LogP contribution in [-0.4, -0.2) is 32.5 Å². The van der Waals surface area contributed by atoms with Gasteiger partial charge in [-0.3, -0.25) is 14.3 Å². The summed E-state index contributed by atoms with van der Waals surface area (Å²) in [6.07, 6.45) is 0. The molecule has 0 spiro atoms. The van der Waals surface area contributed by atoms with Gasteiger partial charge in [0.2, 0.25) is 11.7 Å². The van der Waals surface area contributed by atoms with Gasteiger partial charge in [-0.1, -0.05) is 0 Å². The van der Waals surface area contributed by atoms with E-state index in [4.69, 9.17) is 15.3 Å². The average Bonchev–Trinajstić information content (AvgIpc) is 2.75. The van der Waals surface area contributed by atoms with Crippen LogP contribution < -0.4 is 11.1 Å². The number of hydrogen-bond donors (Lipinski definition) is 3. The number of carboxylic acid groups (broad SMARTS) is 1. The van der Waals surface area contributed by atoms with E-state index in [1.54, 1.807) is 5.32 Å². The summed E-state index contributed by atoms with van der Waals surface area (Å²) in [7, 11) is -1.92. The van der Waals surface area contributed by atoms with E-state index in [1.165, 1.54) is 13.0 Å². The van der Waals surface area contributed by atoms with Crippen molar-refractivity contribution in [3.8, 4) is 0 Å². The Balaban J connectivity index is 2.82. The number of nitrogens with one attached hydrogen (secondary N) is 1. The minimum Gasteiger partial charge on any atom is -0.475 e. The number of hydrogen-bond acceptors (Lipinski definition) is 5. The summed E-state index contributed by atoms with van der Waals surface area (Å²) in [5.41, 5.74) is 4.74. The fraction of sp³-hybridized carbons (Fsp3) is 0.222. The summed E-state index contributed by atoms with van der Waals surface area (Å²) in [6.45, 7) is 1.29. The van der Waals surface area contributed by atoms with E-state index in [1.807, 2.05) is 0 Å². The number of carbonyl (C=O) groups is 3. The fourth-order valence-electron chi connectivity index (χ4n) is 1.04. The fourth-order valence-corrected chi connectivity index (χ4v) is 2.01. The molecule has 1 heterocycles. The Morgan fingerprint density at radius 3 is 2.50 bits per heavy atom. The van der Waals surface area contributed by atoms with E-state index in [2.05, 4.69) is 0 Å². The second-order valence-corrected chi connectivity index (χ2v) is 4.92. The normalized spacial score (nSPS) is 13.6. The molecule has 0 aromatic carbocycles. The molecule has 98 valence electrons. The van der Waals surface area contributed by atoms with Crippen molar-refractivity contribution in [2.24, 2.45) is 5.73 Å². The van der Waals surface area contributed by atoms with Crippen LogP contribution in [0.4, 0.5) is 4.79 Å². The lowest BCUT2D eigenvalue weighted by Crippen LogP contribution is -2.42. The molecule has 0 aliphatic heterocycles. The van der Waals surface area contributed by atoms with Crippen molar-refractivity contribution in [1.29, 1.82) is 0 Å². The molecule has 2 unspecified atom stereocenters. The van der Waals surface area contributed by atoms with E-state index in [-0.39, 0.29) is 10.9 Å². The SMILES string of the molecule is CC(C(=O)NC(N)=O)S(=O)c1ccc(C(=O)O)o1. The van der Waals surface area contributed by atoms with Gasteiger partial charge >= 0.3 is 12.0 Å². The van der Waals surface area contributed by atoms with Crippen LogP contribution in [0.1, 0.15) is 17.5 Å². The number of rotatable bonds is 4. The van der Waals surface area contributed by atoms with Gasteiger partial charge in [-0.25, -0.2) is 9.59 Å². The minimum atomic E-state index is -1.92. The number of primary amides is 1. The van der Waals surface area contributed by atoms with Gasteiger partial charge in [-0.15, -0.1) is 0 Å². The predicted octanol–water partition coefficient (Wildman–Crippen LogP) is -0.331. The highest BCUT2D eigenvalue weighted by molar-refractivity contribution is 7.86. The number of imide groups is 1. The van der Waals surface area contributed by atoms with Crippen molar-refractivity contribution in [2.45, 2.75) is 17.3 Å². The molecule has 1 aromatic rings. The lowest BCUT2D eigenvalue weighted by molar-refractivity contribution is -0.119. The first-order chi connectivity index (χ1) is 8.32. The maximum Gasteiger partial charge on any atom is 0.371 e. The molecule has 0 aliphatic rings. The van der Waals surface area contributed by atoms with E-state index in [9.17, 15) is 18.6 Å². The second-order valence-electron chi connectivity index (χ2n) is 3.22. The first-order valence-corrected chi connectivity index (χ1v) is 5.88. The highest BCUT2D eigenvalue weighted by Gasteiger charge is 2.25. The Labute approximate surface area is 104 Å². The minimum absolute atomic E-state index is 0.167. The lowest BCUT2D eigenvalue weighted by atomic mass is 10.4. The summed E-state index contributed by atoms with van der Waals surface area (Å²) in [5.74, 6) is -2.54. The van der Waals surface area contributed by atoms with Gasteiger partial charge in [0.25, 0.3) is 0 Å². The van der Waals surface area contributed by atoms with Crippen molar-refractivity contribution >= 4 is 28.7 Å². The first kappa shape index (κ1) is 13.9. The average molecular weight is 274 g/mol. The Hall–Kier alpha value is -2.16. The highest BCUT2D eigenvalue weighted by Crippen LogP contribution is 2.15. The zero-order valence-corrected chi connectivity index (χ0v) is 10.0. The number of carbonyl (C=O) groups excluding carboxylic acids is 2. The van der Waals surface area contributed by atoms with Crippen LogP contribution in [0, 0.1) is 0 Å². The topological polar surface area (TPSA) is 140 Å². The number of furan rings is 1. The summed E-state index contributed by atoms with van der Waals surface area (Å²) in [4.78, 5) is 32.4. The predicted molar refractivity (Wildman–Crippen MR) is 59.3 cm³/mol. The van der Waals surface area contributed by atoms with E-state index in [0.717, 1.165) is 6.07 Å². The molecule has 4 N–H and O–H groups in total. The van der Waals surface area contributed by atoms with Crippen molar-refractivity contribution < 1.29 is 28.1 Å². The molecule has 9 heteroatoms. The Morgan fingerprint density at radius 1 is 1.44 bits per heavy atom. The number of nitrogens with two attached hydrogens (primary N) is 1. The molecule has 0 saturated carbocycles. The molecule has 3 amide bonds. The van der Waals surface area contributed by atoms with Crippen LogP contribution in [-0.2, 0) is 15.6 Å². The molecular weight excluding hydrogens is 264 g/mol. The van der Waals surface area contributed by atoms with Crippen molar-refractivity contribution in [2.75, 3.05) is 0 Å². The Bertz CT molecular complexity index is 523. The third kappa shape index (κ3) is 3.17. The smallest absolute Gasteiger partial charge is 0.371 e. The van der Waals surface area contributed by atoms with Gasteiger partial charge in [0.05, 0.1) is 0 Å². The zero-order chi connectivity index (χ0) is 13.9. The zero-order valence-electron chi connectivity index (χ0n) is 9.21. The van der Waals surface area contributed by atoms with Gasteiger partial charge in [0, 0.05) is 0 Å². The molecule has 0 aliphatic carbocycles. The Morgan fingerprint density at radius 2 is 2.06 bits per heavy atom. The largest absolute Gasteiger partial charge is 0.475 e. The van der Waals surface area contributed by atoms with E-state index < -0.39 is 34.0 Å². The van der Waals surface area contributed by atoms with Gasteiger partial charge < -0.3 is 15.3 Å². The van der Waals surface area contributed by atoms with Gasteiger partial charge in [-0.05, 0) is 19.1 Å². The van der Waals surface area contributed by atoms with Crippen molar-refractivity contribution in [1.82, 2.24) is 5.32 Å². The van der Waals surface area contributed by atoms with Crippen LogP contribution in [0.5, 0.6) is 0 Å². The maximum absolute atomic E-state index is 11.8. The highest BCUT2D eigenvalue weighted by atomic mass is 32.2. The van der Waals surface area contributed by atoms with Gasteiger partial charge in [0.1, 0.15) is 16.0 Å². The molecule has 8 nitrogen and oxygen atoms in total. The van der Waals surface area contributed by atoms with Gasteiger partial charge in [0.15, 0.2) is 5.09 Å². The van der Waals surface area contributed by atoms with Crippen LogP contribution in [0.3, 0.4) is 0 Å². The molecule has 2 atom stereocenters. The molecule has 18 heavy (non-hydrogen) atoms. The van der Waals surface area contributed by atoms with E-state index >= 15 is 0 Å². The molecule has 0 fully saturated rings. The molecule has 0 saturated heterocycles. The summed E-state index contributed by atoms with van der Waals surface area (Å²) < 4.78 is 16.6. The third-order valence-corrected chi connectivity index (χ3v) is 3.40. The second kappa shape index (κ2) is 5.45. The van der Waals surface area contributed by atoms with Gasteiger partial charge in [-0.2, -0.15) is 0 Å². The number of carboxylic acids is 1. The van der Waals surface area contributed by atoms with Crippen molar-refractivity contribution in [3.63, 3.8) is 0 Å². The van der Waals surface area contributed by atoms with E-state index in [0.29, 0.717) is 0 Å². The summed E-state index contributed by atoms with van der Waals surface area (Å²) >= 11 is 0. The van der Waals surface area contributed by atoms with Crippen LogP contribution in [0.15, 0.2) is 21.6 Å². The molecular formula is C9H10N2O6S. The third-order valence-electron chi connectivity index (χ3n) is 1.93. The number of urea groups is 1.